The smallest absolute Gasteiger partial charge is 0.230 e. The molecule has 0 saturated carbocycles. The van der Waals surface area contributed by atoms with Crippen LogP contribution < -0.4 is 5.32 Å². The van der Waals surface area contributed by atoms with Crippen LogP contribution in [0.4, 0.5) is 5.82 Å². The summed E-state index contributed by atoms with van der Waals surface area (Å²) in [4.78, 5) is 16.2. The molecule has 100 valence electrons. The molecule has 1 N–H and O–H groups in total. The van der Waals surface area contributed by atoms with Crippen molar-refractivity contribution in [2.24, 2.45) is 0 Å². The van der Waals surface area contributed by atoms with Gasteiger partial charge in [-0.2, -0.15) is 0 Å². The molecule has 3 aromatic rings. The van der Waals surface area contributed by atoms with Gasteiger partial charge in [0.05, 0.1) is 12.7 Å². The normalized spacial score (nSPS) is 10.7. The van der Waals surface area contributed by atoms with Crippen LogP contribution in [0.1, 0.15) is 11.1 Å². The number of amides is 1. The largest absolute Gasteiger partial charge is 0.464 e. The van der Waals surface area contributed by atoms with Crippen molar-refractivity contribution in [2.75, 3.05) is 5.32 Å². The zero-order valence-electron chi connectivity index (χ0n) is 11.1. The predicted molar refractivity (Wildman–Crippen MR) is 77.5 cm³/mol. The minimum atomic E-state index is -0.102. The topological polar surface area (TPSA) is 55.1 Å². The first-order valence-corrected chi connectivity index (χ1v) is 6.40. The Hall–Kier alpha value is -2.62. The number of hydrogen-bond donors (Lipinski definition) is 1. The van der Waals surface area contributed by atoms with Gasteiger partial charge < -0.3 is 9.73 Å². The number of para-hydroxylation sites is 1. The average Bonchev–Trinajstić information content (AvgIpc) is 2.82. The van der Waals surface area contributed by atoms with Gasteiger partial charge in [-0.25, -0.2) is 4.98 Å². The molecule has 4 heteroatoms. The van der Waals surface area contributed by atoms with Crippen LogP contribution in [0.3, 0.4) is 0 Å². The Bertz CT molecular complexity index is 762. The van der Waals surface area contributed by atoms with E-state index in [1.807, 2.05) is 43.3 Å². The molecule has 0 aliphatic rings. The summed E-state index contributed by atoms with van der Waals surface area (Å²) >= 11 is 0. The molecule has 0 aliphatic heterocycles. The van der Waals surface area contributed by atoms with Crippen LogP contribution in [0, 0.1) is 6.92 Å². The van der Waals surface area contributed by atoms with Crippen molar-refractivity contribution in [1.29, 1.82) is 0 Å². The molecular formula is C16H14N2O2. The van der Waals surface area contributed by atoms with Crippen molar-refractivity contribution in [3.05, 3.63) is 60.0 Å². The minimum absolute atomic E-state index is 0.102. The Kier molecular flexibility index (Phi) is 3.21. The summed E-state index contributed by atoms with van der Waals surface area (Å²) in [6, 6.07) is 11.4. The summed E-state index contributed by atoms with van der Waals surface area (Å²) in [5.41, 5.74) is 2.73. The van der Waals surface area contributed by atoms with Gasteiger partial charge in [0, 0.05) is 17.1 Å². The number of carbonyl (C=O) groups excluding carboxylic acids is 1. The van der Waals surface area contributed by atoms with Gasteiger partial charge in [-0.3, -0.25) is 4.79 Å². The van der Waals surface area contributed by atoms with E-state index in [1.165, 1.54) is 0 Å². The van der Waals surface area contributed by atoms with Crippen LogP contribution in [-0.2, 0) is 11.2 Å². The lowest BCUT2D eigenvalue weighted by atomic mass is 10.1. The third-order valence-electron chi connectivity index (χ3n) is 3.10. The summed E-state index contributed by atoms with van der Waals surface area (Å²) in [6.07, 6.45) is 3.58. The number of nitrogens with one attached hydrogen (secondary N) is 1. The number of benzene rings is 1. The molecule has 0 spiro atoms. The van der Waals surface area contributed by atoms with Crippen molar-refractivity contribution >= 4 is 22.7 Å². The summed E-state index contributed by atoms with van der Waals surface area (Å²) in [5.74, 6) is 0.470. The van der Waals surface area contributed by atoms with Gasteiger partial charge in [0.1, 0.15) is 11.4 Å². The molecule has 2 heterocycles. The number of hydrogen-bond acceptors (Lipinski definition) is 3. The molecule has 3 rings (SSSR count). The van der Waals surface area contributed by atoms with Gasteiger partial charge in [-0.05, 0) is 30.7 Å². The fourth-order valence-electron chi connectivity index (χ4n) is 2.13. The standard InChI is InChI=1S/C16H14N2O2/c1-11-6-7-17-15(8-11)18-16(19)9-12-10-20-14-5-3-2-4-13(12)14/h2-8,10H,9H2,1H3,(H,17,18,19). The number of carbonyl (C=O) groups is 1. The maximum atomic E-state index is 12.0. The van der Waals surface area contributed by atoms with E-state index in [0.717, 1.165) is 22.1 Å². The molecule has 0 aliphatic carbocycles. The molecule has 0 saturated heterocycles. The van der Waals surface area contributed by atoms with Crippen molar-refractivity contribution in [1.82, 2.24) is 4.98 Å². The number of aromatic nitrogens is 1. The monoisotopic (exact) mass is 266 g/mol. The first-order valence-electron chi connectivity index (χ1n) is 6.40. The molecular weight excluding hydrogens is 252 g/mol. The first-order chi connectivity index (χ1) is 9.72. The minimum Gasteiger partial charge on any atom is -0.464 e. The van der Waals surface area contributed by atoms with E-state index in [1.54, 1.807) is 12.5 Å². The second-order valence-corrected chi connectivity index (χ2v) is 4.70. The maximum absolute atomic E-state index is 12.0. The second-order valence-electron chi connectivity index (χ2n) is 4.70. The number of anilines is 1. The quantitative estimate of drug-likeness (QED) is 0.791. The Morgan fingerprint density at radius 1 is 1.30 bits per heavy atom. The third kappa shape index (κ3) is 2.54. The number of rotatable bonds is 3. The highest BCUT2D eigenvalue weighted by molar-refractivity contribution is 5.94. The third-order valence-corrected chi connectivity index (χ3v) is 3.10. The fourth-order valence-corrected chi connectivity index (χ4v) is 2.13. The lowest BCUT2D eigenvalue weighted by Gasteiger charge is -2.04. The number of fused-ring (bicyclic) bond motifs is 1. The van der Waals surface area contributed by atoms with E-state index < -0.39 is 0 Å². The summed E-state index contributed by atoms with van der Waals surface area (Å²) < 4.78 is 5.42. The number of aryl methyl sites for hydroxylation is 1. The molecule has 0 radical (unpaired) electrons. The molecule has 1 aromatic carbocycles. The van der Waals surface area contributed by atoms with Crippen LogP contribution in [0.15, 0.2) is 53.3 Å². The van der Waals surface area contributed by atoms with E-state index in [2.05, 4.69) is 10.3 Å². The second kappa shape index (κ2) is 5.17. The SMILES string of the molecule is Cc1ccnc(NC(=O)Cc2coc3ccccc23)c1. The molecule has 1 amide bonds. The van der Waals surface area contributed by atoms with Crippen molar-refractivity contribution in [3.63, 3.8) is 0 Å². The highest BCUT2D eigenvalue weighted by atomic mass is 16.3. The fraction of sp³-hybridized carbons (Fsp3) is 0.125. The van der Waals surface area contributed by atoms with Gasteiger partial charge >= 0.3 is 0 Å². The van der Waals surface area contributed by atoms with E-state index in [0.29, 0.717) is 5.82 Å². The van der Waals surface area contributed by atoms with Crippen LogP contribution in [-0.4, -0.2) is 10.9 Å². The lowest BCUT2D eigenvalue weighted by Crippen LogP contribution is -2.15. The van der Waals surface area contributed by atoms with Crippen molar-refractivity contribution in [3.8, 4) is 0 Å². The molecule has 0 fully saturated rings. The molecule has 0 atom stereocenters. The van der Waals surface area contributed by atoms with Gasteiger partial charge in [0.25, 0.3) is 0 Å². The van der Waals surface area contributed by atoms with Crippen molar-refractivity contribution in [2.45, 2.75) is 13.3 Å². The highest BCUT2D eigenvalue weighted by Gasteiger charge is 2.10. The Balaban J connectivity index is 1.76. The molecule has 20 heavy (non-hydrogen) atoms. The van der Waals surface area contributed by atoms with Crippen molar-refractivity contribution < 1.29 is 9.21 Å². The number of furan rings is 1. The van der Waals surface area contributed by atoms with E-state index >= 15 is 0 Å². The first kappa shape index (κ1) is 12.4. The molecule has 0 bridgehead atoms. The molecule has 4 nitrogen and oxygen atoms in total. The Labute approximate surface area is 116 Å². The van der Waals surface area contributed by atoms with Gasteiger partial charge in [0.2, 0.25) is 5.91 Å². The Morgan fingerprint density at radius 2 is 2.15 bits per heavy atom. The van der Waals surface area contributed by atoms with Crippen LogP contribution >= 0.6 is 0 Å². The van der Waals surface area contributed by atoms with Crippen LogP contribution in [0.25, 0.3) is 11.0 Å². The van der Waals surface area contributed by atoms with Gasteiger partial charge in [0.15, 0.2) is 0 Å². The highest BCUT2D eigenvalue weighted by Crippen LogP contribution is 2.21. The Morgan fingerprint density at radius 3 is 3.00 bits per heavy atom. The van der Waals surface area contributed by atoms with Gasteiger partial charge in [-0.15, -0.1) is 0 Å². The molecule has 2 aromatic heterocycles. The maximum Gasteiger partial charge on any atom is 0.230 e. The summed E-state index contributed by atoms with van der Waals surface area (Å²) in [6.45, 7) is 1.96. The van der Waals surface area contributed by atoms with E-state index in [4.69, 9.17) is 4.42 Å². The number of pyridine rings is 1. The van der Waals surface area contributed by atoms with Crippen LogP contribution in [0.5, 0.6) is 0 Å². The van der Waals surface area contributed by atoms with E-state index in [9.17, 15) is 4.79 Å². The lowest BCUT2D eigenvalue weighted by molar-refractivity contribution is -0.115. The summed E-state index contributed by atoms with van der Waals surface area (Å²) in [7, 11) is 0. The molecule has 0 unspecified atom stereocenters. The van der Waals surface area contributed by atoms with Gasteiger partial charge in [-0.1, -0.05) is 18.2 Å². The summed E-state index contributed by atoms with van der Waals surface area (Å²) in [5, 5.41) is 3.77. The predicted octanol–water partition coefficient (Wildman–Crippen LogP) is 3.32. The zero-order chi connectivity index (χ0) is 13.9. The zero-order valence-corrected chi connectivity index (χ0v) is 11.1. The average molecular weight is 266 g/mol. The van der Waals surface area contributed by atoms with E-state index in [-0.39, 0.29) is 12.3 Å². The van der Waals surface area contributed by atoms with Crippen LogP contribution in [0.2, 0.25) is 0 Å². The number of nitrogens with zero attached hydrogens (tertiary/aromatic N) is 1.